The smallest absolute Gasteiger partial charge is 0.320 e. The molecule has 23 rings (SSSR count). The monoisotopic (exact) mass is 1970 g/mol. The number of benzene rings is 16. The Bertz CT molecular complexity index is 7280. The number of rotatable bonds is 9. The van der Waals surface area contributed by atoms with Crippen LogP contribution in [0.25, 0.3) is 21.5 Å². The maximum Gasteiger partial charge on any atom is 0.320 e. The molecule has 0 spiro atoms. The van der Waals surface area contributed by atoms with Gasteiger partial charge in [0.05, 0.1) is 81.0 Å². The first kappa shape index (κ1) is 102. The van der Waals surface area contributed by atoms with Crippen molar-refractivity contribution in [3.63, 3.8) is 0 Å². The summed E-state index contributed by atoms with van der Waals surface area (Å²) in [6.45, 7) is 41.5. The van der Waals surface area contributed by atoms with Gasteiger partial charge in [0, 0.05) is 100 Å². The van der Waals surface area contributed by atoms with Gasteiger partial charge in [-0.1, -0.05) is 292 Å². The van der Waals surface area contributed by atoms with E-state index in [2.05, 4.69) is 547 Å². The van der Waals surface area contributed by atoms with Crippen LogP contribution in [-0.2, 0) is 23.2 Å². The third kappa shape index (κ3) is 19.5. The minimum Gasteiger partial charge on any atom is -0.376 e. The molecule has 0 saturated heterocycles. The van der Waals surface area contributed by atoms with Gasteiger partial charge in [-0.15, -0.1) is 0 Å². The minimum absolute atomic E-state index is 0.0461. The number of quaternary nitrogens is 4. The Kier molecular flexibility index (Phi) is 29.2. The van der Waals surface area contributed by atoms with Crippen molar-refractivity contribution >= 4 is 141 Å². The molecular formula is C129H153N12OPSi2+4. The van der Waals surface area contributed by atoms with E-state index in [4.69, 9.17) is 0 Å². The highest BCUT2D eigenvalue weighted by Crippen LogP contribution is 2.56. The number of aryl methyl sites for hydroxylation is 8. The average molecular weight is 1970 g/mol. The molecule has 0 amide bonds. The summed E-state index contributed by atoms with van der Waals surface area (Å²) in [7, 11) is 9.93. The summed E-state index contributed by atoms with van der Waals surface area (Å²) in [5.74, 6) is 0. The zero-order valence-corrected chi connectivity index (χ0v) is 93.0. The van der Waals surface area contributed by atoms with Crippen LogP contribution in [0.3, 0.4) is 0 Å². The zero-order valence-electron chi connectivity index (χ0n) is 90.1. The third-order valence-corrected chi connectivity index (χ3v) is 43.9. The van der Waals surface area contributed by atoms with E-state index in [0.29, 0.717) is 12.7 Å². The van der Waals surface area contributed by atoms with Gasteiger partial charge in [0.1, 0.15) is 48.0 Å². The van der Waals surface area contributed by atoms with Crippen LogP contribution in [0.1, 0.15) is 107 Å². The molecule has 1 saturated carbocycles. The van der Waals surface area contributed by atoms with Crippen LogP contribution in [0.15, 0.2) is 364 Å². The molecule has 5 atom stereocenters. The summed E-state index contributed by atoms with van der Waals surface area (Å²) >= 11 is 0. The van der Waals surface area contributed by atoms with Crippen LogP contribution in [0, 0.1) is 55.4 Å². The highest BCUT2D eigenvalue weighted by molar-refractivity contribution is 7.72. The molecule has 0 bridgehead atoms. The molecule has 744 valence electrons. The van der Waals surface area contributed by atoms with Crippen LogP contribution in [0.4, 0.5) is 79.6 Å². The number of fused-ring (bicyclic) bond motifs is 8. The summed E-state index contributed by atoms with van der Waals surface area (Å²) in [6, 6.07) is 133. The first-order valence-electron chi connectivity index (χ1n) is 52.3. The minimum atomic E-state index is -2.66. The number of para-hydroxylation sites is 12. The van der Waals surface area contributed by atoms with Crippen molar-refractivity contribution in [1.29, 1.82) is 0 Å². The molecule has 16 heteroatoms. The van der Waals surface area contributed by atoms with Crippen molar-refractivity contribution in [1.82, 2.24) is 17.6 Å². The summed E-state index contributed by atoms with van der Waals surface area (Å²) in [6.07, 6.45) is 6.89. The molecule has 13 nitrogen and oxygen atoms in total. The van der Waals surface area contributed by atoms with Gasteiger partial charge in [-0.3, -0.25) is 27.8 Å². The maximum atomic E-state index is 13.8. The molecule has 1 fully saturated rings. The zero-order chi connectivity index (χ0) is 102. The topological polar surface area (TPSA) is 43.0 Å². The van der Waals surface area contributed by atoms with E-state index < -0.39 is 23.8 Å². The largest absolute Gasteiger partial charge is 0.376 e. The molecular weight excluding hydrogens is 1820 g/mol. The SMILES string of the molecule is CN1C[N+](C)(c2ccccc2)C(C)(C)c2ccccc21.C[N+]1(c2ccccc2)CN(C2CCCCC2)c2ccccc2[Si]1(C)C.C[N+]1(c2ccccc2)Cc2ccccc2N(c2ccccc2)C1.Cc1cc(C)c2c(c1)P(C)(=O)N(c1c(C)cccc1C)CN2C.Cc1cccc(C)c1N1CN(C)c2ccccc2[Si]1(C)C.Cc1cccc(C)c1[N+]1(C)Cc2ccccc2N(c2c3ccccc3cc3ccccc23)C1. The lowest BCUT2D eigenvalue weighted by atomic mass is 9.85. The molecule has 6 heterocycles. The lowest BCUT2D eigenvalue weighted by Gasteiger charge is -2.55. The second kappa shape index (κ2) is 41.5. The van der Waals surface area contributed by atoms with Crippen LogP contribution in [0.2, 0.25) is 26.2 Å². The van der Waals surface area contributed by atoms with Gasteiger partial charge in [0.2, 0.25) is 7.29 Å². The van der Waals surface area contributed by atoms with Gasteiger partial charge >= 0.3 is 8.24 Å². The molecule has 0 N–H and O–H groups in total. The van der Waals surface area contributed by atoms with E-state index in [1.807, 2.05) is 6.66 Å². The summed E-state index contributed by atoms with van der Waals surface area (Å²) in [5.41, 5.74) is 33.2. The number of hydrogen-bond donors (Lipinski definition) is 0. The fourth-order valence-corrected chi connectivity index (χ4v) is 34.1. The highest BCUT2D eigenvalue weighted by Gasteiger charge is 2.55. The van der Waals surface area contributed by atoms with Gasteiger partial charge in [0.25, 0.3) is 0 Å². The van der Waals surface area contributed by atoms with Gasteiger partial charge < -0.3 is 33.0 Å². The van der Waals surface area contributed by atoms with Crippen LogP contribution in [-0.4, -0.2) is 119 Å². The molecule has 0 aromatic heterocycles. The van der Waals surface area contributed by atoms with Gasteiger partial charge in [0.15, 0.2) is 28.2 Å². The average Bonchev–Trinajstić information content (AvgIpc) is 0.532. The Balaban J connectivity index is 0.000000115. The van der Waals surface area contributed by atoms with Crippen molar-refractivity contribution in [2.45, 2.75) is 152 Å². The maximum absolute atomic E-state index is 13.8. The predicted octanol–water partition coefficient (Wildman–Crippen LogP) is 29.6. The molecule has 16 aromatic rings. The fourth-order valence-electron chi connectivity index (χ4n) is 25.1. The quantitative estimate of drug-likeness (QED) is 0.0608. The van der Waals surface area contributed by atoms with Crippen LogP contribution >= 0.6 is 7.29 Å². The second-order valence-electron chi connectivity index (χ2n) is 44.4. The van der Waals surface area contributed by atoms with Crippen molar-refractivity contribution in [3.05, 3.63) is 425 Å². The summed E-state index contributed by atoms with van der Waals surface area (Å²) < 4.78 is 22.3. The Morgan fingerprint density at radius 2 is 0.807 bits per heavy atom. The standard InChI is InChI=1S/C31H29N2.C22H31N2Si.C21H21N2.C19H25N2OP.C18H24N2Si.C18H23N2/c1-22-11-10-12-23(2)31(22)33(3)20-26-15-6-9-18-29(26)32(21-33)30-27-16-7-4-13-24(27)19-25-14-5-8-17-28(25)30;1-24(20-14-8-5-9-15-20)18-23(19-12-6-4-7-13-19)21-16-10-11-17-22(21)25(24,2)3;1-23(20-13-6-3-7-14-20)16-18-10-8-9-15-21(18)22(17-23)19-11-4-2-5-12-19;1-13-10-16(4)19-17(11-13)23(6,22)21(12-20(19)5)18-14(2)8-7-9-15(18)3;1-14-9-8-10-15(2)18(14)20-13-19(3)16-11-6-7-12-17(16)21(20,4)5;1-18(2)16-12-8-9-13-17(16)19(3)14-20(18,4)15-10-6-5-7-11-15/h4-19H,20-21H2,1-3H3;5,8-11,14-17,19H,4,6-7,12-13,18H2,1-3H3;2-15H,16-17H2,1H3;7-11H,12H2,1-6H3;6-12H,13H2,1-5H3;5-13H,14H2,1-4H3/q3*+1;;;+1. The molecule has 0 radical (unpaired) electrons. The molecule has 16 aromatic carbocycles. The molecule has 7 aliphatic rings. The molecule has 1 aliphatic carbocycles. The van der Waals surface area contributed by atoms with Crippen LogP contribution in [0.5, 0.6) is 0 Å². The van der Waals surface area contributed by atoms with Gasteiger partial charge in [-0.25, -0.2) is 0 Å². The van der Waals surface area contributed by atoms with Gasteiger partial charge in [-0.05, 0) is 249 Å². The Morgan fingerprint density at radius 1 is 0.359 bits per heavy atom. The van der Waals surface area contributed by atoms with Crippen molar-refractivity contribution < 1.29 is 4.57 Å². The molecule has 5 unspecified atom stereocenters. The lowest BCUT2D eigenvalue weighted by Crippen LogP contribution is -2.77. The predicted molar refractivity (Wildman–Crippen MR) is 635 cm³/mol. The molecule has 6 aliphatic heterocycles. The Labute approximate surface area is 868 Å². The summed E-state index contributed by atoms with van der Waals surface area (Å²) in [5, 5.41) is 9.32. The summed E-state index contributed by atoms with van der Waals surface area (Å²) in [4.78, 5) is 14.7. The van der Waals surface area contributed by atoms with Crippen LogP contribution < -0.4 is 71.9 Å². The van der Waals surface area contributed by atoms with E-state index in [1.54, 1.807) is 5.19 Å². The van der Waals surface area contributed by atoms with E-state index in [1.165, 1.54) is 188 Å². The second-order valence-corrected chi connectivity index (χ2v) is 56.0. The lowest BCUT2D eigenvalue weighted by molar-refractivity contribution is 0.150. The third-order valence-electron chi connectivity index (χ3n) is 33.3. The van der Waals surface area contributed by atoms with E-state index in [-0.39, 0.29) is 5.54 Å². The Morgan fingerprint density at radius 3 is 1.38 bits per heavy atom. The first-order chi connectivity index (χ1) is 69.5. The van der Waals surface area contributed by atoms with E-state index in [9.17, 15) is 4.57 Å². The highest BCUT2D eigenvalue weighted by atomic mass is 31.2. The van der Waals surface area contributed by atoms with Crippen molar-refractivity contribution in [2.24, 2.45) is 0 Å². The number of nitrogens with zero attached hydrogens (tertiary/aromatic N) is 12. The first-order valence-corrected chi connectivity index (χ1v) is 60.3. The number of hydrogen-bond acceptors (Lipinski definition) is 8. The molecule has 145 heavy (non-hydrogen) atoms. The number of anilines is 10. The van der Waals surface area contributed by atoms with Crippen molar-refractivity contribution in [2.75, 3.05) is 135 Å². The Hall–Kier alpha value is -13.1. The van der Waals surface area contributed by atoms with Gasteiger partial charge in [-0.2, -0.15) is 0 Å². The van der Waals surface area contributed by atoms with E-state index in [0.717, 1.165) is 80.7 Å². The fraction of sp³-hybridized carbons (Fsp3) is 0.287. The van der Waals surface area contributed by atoms with E-state index >= 15 is 0 Å². The van der Waals surface area contributed by atoms with Crippen molar-refractivity contribution in [3.8, 4) is 0 Å². The normalized spacial score (nSPS) is 20.9.